The summed E-state index contributed by atoms with van der Waals surface area (Å²) in [5.41, 5.74) is 1.68. The Bertz CT molecular complexity index is 1410. The van der Waals surface area contributed by atoms with Crippen molar-refractivity contribution in [1.82, 2.24) is 14.7 Å². The normalized spacial score (nSPS) is 17.4. The summed E-state index contributed by atoms with van der Waals surface area (Å²) < 4.78 is 10.8. The fraction of sp³-hybridized carbons (Fsp3) is 0.323. The number of hydrogen-bond acceptors (Lipinski definition) is 6. The van der Waals surface area contributed by atoms with E-state index in [1.165, 1.54) is 0 Å². The van der Waals surface area contributed by atoms with Crippen LogP contribution in [-0.2, 0) is 16.1 Å². The van der Waals surface area contributed by atoms with Gasteiger partial charge < -0.3 is 29.1 Å². The lowest BCUT2D eigenvalue weighted by molar-refractivity contribution is -0.140. The van der Waals surface area contributed by atoms with E-state index in [2.05, 4.69) is 4.90 Å². The van der Waals surface area contributed by atoms with Gasteiger partial charge in [0.05, 0.1) is 6.67 Å². The second kappa shape index (κ2) is 10.6. The summed E-state index contributed by atoms with van der Waals surface area (Å²) in [7, 11) is 1.76. The summed E-state index contributed by atoms with van der Waals surface area (Å²) in [6, 6.07) is 24.8. The number of nitrogens with zero attached hydrogens (tertiary/aromatic N) is 4. The number of ether oxygens (including phenoxy) is 2. The molecule has 0 bridgehead atoms. The molecule has 3 heterocycles. The number of piperidine rings is 1. The first-order valence-corrected chi connectivity index (χ1v) is 13.5. The molecule has 40 heavy (non-hydrogen) atoms. The number of amides is 3. The van der Waals surface area contributed by atoms with Gasteiger partial charge in [0.1, 0.15) is 12.1 Å². The zero-order chi connectivity index (χ0) is 27.7. The van der Waals surface area contributed by atoms with Gasteiger partial charge in [0.15, 0.2) is 11.5 Å². The minimum absolute atomic E-state index is 0.00704. The van der Waals surface area contributed by atoms with Crippen LogP contribution in [0.5, 0.6) is 11.5 Å². The van der Waals surface area contributed by atoms with Crippen molar-refractivity contribution >= 4 is 23.4 Å². The van der Waals surface area contributed by atoms with Gasteiger partial charge in [-0.3, -0.25) is 14.4 Å². The highest BCUT2D eigenvalue weighted by Gasteiger charge is 2.54. The van der Waals surface area contributed by atoms with Crippen LogP contribution in [0.2, 0.25) is 0 Å². The number of anilines is 1. The lowest BCUT2D eigenvalue weighted by Gasteiger charge is -2.43. The number of likely N-dealkylation sites (N-methyl/N-ethyl adjacent to an activating group) is 1. The van der Waals surface area contributed by atoms with Crippen molar-refractivity contribution in [2.24, 2.45) is 0 Å². The van der Waals surface area contributed by atoms with Crippen LogP contribution < -0.4 is 14.4 Å². The summed E-state index contributed by atoms with van der Waals surface area (Å²) in [4.78, 5) is 47.8. The molecule has 0 saturated carbocycles. The van der Waals surface area contributed by atoms with Crippen LogP contribution in [0.1, 0.15) is 28.8 Å². The predicted octanol–water partition coefficient (Wildman–Crippen LogP) is 3.36. The van der Waals surface area contributed by atoms with E-state index in [9.17, 15) is 14.4 Å². The Morgan fingerprint density at radius 2 is 1.57 bits per heavy atom. The van der Waals surface area contributed by atoms with Crippen LogP contribution >= 0.6 is 0 Å². The number of carbonyl (C=O) groups excluding carboxylic acids is 3. The number of hydrogen-bond donors (Lipinski definition) is 0. The van der Waals surface area contributed by atoms with Crippen LogP contribution in [-0.4, -0.2) is 78.1 Å². The van der Waals surface area contributed by atoms with E-state index < -0.39 is 5.54 Å². The molecule has 2 saturated heterocycles. The Morgan fingerprint density at radius 1 is 0.900 bits per heavy atom. The smallest absolute Gasteiger partial charge is 0.253 e. The molecule has 3 aliphatic rings. The number of fused-ring (bicyclic) bond motifs is 1. The maximum Gasteiger partial charge on any atom is 0.253 e. The number of carbonyl (C=O) groups is 3. The minimum atomic E-state index is -0.814. The fourth-order valence-electron chi connectivity index (χ4n) is 5.84. The third kappa shape index (κ3) is 4.72. The van der Waals surface area contributed by atoms with Gasteiger partial charge >= 0.3 is 0 Å². The van der Waals surface area contributed by atoms with Crippen molar-refractivity contribution in [1.29, 1.82) is 0 Å². The molecule has 1 spiro atoms. The maximum atomic E-state index is 14.0. The Kier molecular flexibility index (Phi) is 6.79. The standard InChI is InChI=1S/C31H32N4O5/c1-32(19-23-8-4-2-5-9-23)28(36)20-34-21-35(25-10-6-3-7-11-25)31(30(34)38)14-16-33(17-15-31)29(37)24-12-13-26-27(18-24)40-22-39-26/h2-13,18H,14-17,19-22H2,1H3. The van der Waals surface area contributed by atoms with Gasteiger partial charge in [0.25, 0.3) is 11.8 Å². The molecule has 0 aliphatic carbocycles. The Labute approximate surface area is 233 Å². The zero-order valence-corrected chi connectivity index (χ0v) is 22.5. The first-order valence-electron chi connectivity index (χ1n) is 13.5. The quantitative estimate of drug-likeness (QED) is 0.477. The van der Waals surface area contributed by atoms with Gasteiger partial charge in [-0.1, -0.05) is 48.5 Å². The molecule has 9 heteroatoms. The van der Waals surface area contributed by atoms with Crippen molar-refractivity contribution in [3.05, 3.63) is 90.0 Å². The minimum Gasteiger partial charge on any atom is -0.454 e. The molecular formula is C31H32N4O5. The Balaban J connectivity index is 1.18. The van der Waals surface area contributed by atoms with Crippen LogP contribution in [0.15, 0.2) is 78.9 Å². The molecule has 0 N–H and O–H groups in total. The summed E-state index contributed by atoms with van der Waals surface area (Å²) in [6.07, 6.45) is 0.948. The van der Waals surface area contributed by atoms with Crippen LogP contribution in [0.25, 0.3) is 0 Å². The summed E-state index contributed by atoms with van der Waals surface area (Å²) in [5, 5.41) is 0. The monoisotopic (exact) mass is 540 g/mol. The van der Waals surface area contributed by atoms with Gasteiger partial charge in [-0.15, -0.1) is 0 Å². The predicted molar refractivity (Wildman–Crippen MR) is 149 cm³/mol. The third-order valence-electron chi connectivity index (χ3n) is 8.09. The third-order valence-corrected chi connectivity index (χ3v) is 8.09. The highest BCUT2D eigenvalue weighted by molar-refractivity contribution is 5.98. The second-order valence-electron chi connectivity index (χ2n) is 10.5. The molecule has 0 atom stereocenters. The molecule has 3 amide bonds. The molecule has 0 unspecified atom stereocenters. The first kappa shape index (κ1) is 25.7. The average molecular weight is 541 g/mol. The SMILES string of the molecule is CN(Cc1ccccc1)C(=O)CN1CN(c2ccccc2)C2(CCN(C(=O)c3ccc4c(c3)OCO4)CC2)C1=O. The summed E-state index contributed by atoms with van der Waals surface area (Å²) >= 11 is 0. The van der Waals surface area contributed by atoms with Gasteiger partial charge in [0.2, 0.25) is 12.7 Å². The lowest BCUT2D eigenvalue weighted by atomic mass is 9.85. The zero-order valence-electron chi connectivity index (χ0n) is 22.5. The molecule has 3 aliphatic heterocycles. The van der Waals surface area contributed by atoms with E-state index in [0.717, 1.165) is 11.3 Å². The molecule has 0 radical (unpaired) electrons. The van der Waals surface area contributed by atoms with Crippen molar-refractivity contribution in [2.45, 2.75) is 24.9 Å². The molecule has 3 aromatic rings. The summed E-state index contributed by atoms with van der Waals surface area (Å²) in [5.74, 6) is 0.927. The molecular weight excluding hydrogens is 508 g/mol. The van der Waals surface area contributed by atoms with Gasteiger partial charge in [-0.2, -0.15) is 0 Å². The van der Waals surface area contributed by atoms with Crippen molar-refractivity contribution in [2.75, 3.05) is 45.0 Å². The van der Waals surface area contributed by atoms with E-state index in [4.69, 9.17) is 9.47 Å². The fourth-order valence-corrected chi connectivity index (χ4v) is 5.84. The molecule has 0 aromatic heterocycles. The molecule has 2 fully saturated rings. The van der Waals surface area contributed by atoms with Crippen molar-refractivity contribution < 1.29 is 23.9 Å². The molecule has 206 valence electrons. The van der Waals surface area contributed by atoms with Crippen LogP contribution in [0.3, 0.4) is 0 Å². The number of likely N-dealkylation sites (tertiary alicyclic amines) is 1. The second-order valence-corrected chi connectivity index (χ2v) is 10.5. The lowest BCUT2D eigenvalue weighted by Crippen LogP contribution is -2.57. The van der Waals surface area contributed by atoms with E-state index in [-0.39, 0.29) is 31.1 Å². The van der Waals surface area contributed by atoms with Crippen molar-refractivity contribution in [3.63, 3.8) is 0 Å². The van der Waals surface area contributed by atoms with Crippen LogP contribution in [0, 0.1) is 0 Å². The number of benzene rings is 3. The number of para-hydroxylation sites is 1. The maximum absolute atomic E-state index is 14.0. The van der Waals surface area contributed by atoms with E-state index in [0.29, 0.717) is 56.2 Å². The highest BCUT2D eigenvalue weighted by atomic mass is 16.7. The van der Waals surface area contributed by atoms with E-state index in [1.807, 2.05) is 60.7 Å². The topological polar surface area (TPSA) is 82.6 Å². The summed E-state index contributed by atoms with van der Waals surface area (Å²) in [6.45, 7) is 1.82. The largest absolute Gasteiger partial charge is 0.454 e. The van der Waals surface area contributed by atoms with Gasteiger partial charge in [0, 0.05) is 37.9 Å². The van der Waals surface area contributed by atoms with Gasteiger partial charge in [-0.25, -0.2) is 0 Å². The van der Waals surface area contributed by atoms with Gasteiger partial charge in [-0.05, 0) is 48.7 Å². The molecule has 3 aromatic carbocycles. The van der Waals surface area contributed by atoms with Crippen LogP contribution in [0.4, 0.5) is 5.69 Å². The first-order chi connectivity index (χ1) is 19.4. The molecule has 9 nitrogen and oxygen atoms in total. The highest BCUT2D eigenvalue weighted by Crippen LogP contribution is 2.40. The average Bonchev–Trinajstić information content (AvgIpc) is 3.57. The van der Waals surface area contributed by atoms with Crippen molar-refractivity contribution in [3.8, 4) is 11.5 Å². The molecule has 6 rings (SSSR count). The van der Waals surface area contributed by atoms with E-state index >= 15 is 0 Å². The van der Waals surface area contributed by atoms with E-state index in [1.54, 1.807) is 39.9 Å². The Hall–Kier alpha value is -4.53. The number of rotatable bonds is 6. The Morgan fingerprint density at radius 3 is 2.30 bits per heavy atom.